The molecule has 0 fully saturated rings. The zero-order valence-corrected chi connectivity index (χ0v) is 14.9. The second kappa shape index (κ2) is 16.3. The van der Waals surface area contributed by atoms with Crippen molar-refractivity contribution < 1.29 is 9.53 Å². The molecule has 2 heteroatoms. The van der Waals surface area contributed by atoms with Crippen LogP contribution in [-0.2, 0) is 9.53 Å². The van der Waals surface area contributed by atoms with Gasteiger partial charge in [0.05, 0.1) is 6.61 Å². The molecular weight excluding hydrogens is 272 g/mol. The summed E-state index contributed by atoms with van der Waals surface area (Å²) in [4.78, 5) is 11.1. The first-order chi connectivity index (χ1) is 10.7. The predicted molar refractivity (Wildman–Crippen MR) is 96.0 cm³/mol. The molecule has 0 bridgehead atoms. The lowest BCUT2D eigenvalue weighted by Crippen LogP contribution is -2.05. The number of hydrogen-bond donors (Lipinski definition) is 0. The molecule has 0 radical (unpaired) electrons. The number of esters is 1. The first-order valence-corrected chi connectivity index (χ1v) is 9.16. The summed E-state index contributed by atoms with van der Waals surface area (Å²) in [6.45, 7) is 8.03. The number of allylic oxidation sites excluding steroid dienone is 2. The van der Waals surface area contributed by atoms with Crippen LogP contribution < -0.4 is 0 Å². The lowest BCUT2D eigenvalue weighted by molar-refractivity contribution is -0.139. The van der Waals surface area contributed by atoms with Crippen LogP contribution in [0.4, 0.5) is 0 Å². The zero-order chi connectivity index (χ0) is 16.5. The number of ether oxygens (including phenoxy) is 1. The lowest BCUT2D eigenvalue weighted by Gasteiger charge is -2.04. The minimum absolute atomic E-state index is 0.263. The van der Waals surface area contributed by atoms with Crippen LogP contribution in [0.25, 0.3) is 0 Å². The van der Waals surface area contributed by atoms with E-state index in [-0.39, 0.29) is 5.97 Å². The van der Waals surface area contributed by atoms with Crippen molar-refractivity contribution in [3.05, 3.63) is 24.3 Å². The van der Waals surface area contributed by atoms with Gasteiger partial charge in [-0.25, -0.2) is 4.79 Å². The van der Waals surface area contributed by atoms with E-state index in [1.165, 1.54) is 64.2 Å². The van der Waals surface area contributed by atoms with Crippen LogP contribution in [0.3, 0.4) is 0 Å². The summed E-state index contributed by atoms with van der Waals surface area (Å²) in [7, 11) is 0. The number of carbonyl (C=O) groups is 1. The molecule has 22 heavy (non-hydrogen) atoms. The van der Waals surface area contributed by atoms with Gasteiger partial charge in [0.15, 0.2) is 0 Å². The van der Waals surface area contributed by atoms with Crippen LogP contribution in [0.1, 0.15) is 90.9 Å². The van der Waals surface area contributed by atoms with Crippen molar-refractivity contribution in [1.29, 1.82) is 0 Å². The molecule has 0 N–H and O–H groups in total. The summed E-state index contributed by atoms with van der Waals surface area (Å²) in [5.74, 6) is -0.263. The number of carbonyl (C=O) groups excluding carboxylic acids is 1. The summed E-state index contributed by atoms with van der Waals surface area (Å²) in [6, 6.07) is 0. The first-order valence-electron chi connectivity index (χ1n) is 9.16. The molecule has 0 aromatic carbocycles. The highest BCUT2D eigenvalue weighted by Gasteiger charge is 2.01. The average molecular weight is 309 g/mol. The molecule has 0 unspecified atom stereocenters. The smallest absolute Gasteiger partial charge is 0.333 e. The van der Waals surface area contributed by atoms with E-state index in [1.807, 2.05) is 0 Å². The summed E-state index contributed by atoms with van der Waals surface area (Å²) in [5.41, 5.74) is 0.485. The van der Waals surface area contributed by atoms with Gasteiger partial charge in [-0.3, -0.25) is 0 Å². The van der Waals surface area contributed by atoms with Gasteiger partial charge in [0.25, 0.3) is 0 Å². The van der Waals surface area contributed by atoms with Gasteiger partial charge in [-0.2, -0.15) is 0 Å². The fourth-order valence-electron chi connectivity index (χ4n) is 2.28. The molecule has 0 amide bonds. The number of unbranched alkanes of at least 4 members (excludes halogenated alkanes) is 10. The maximum absolute atomic E-state index is 11.1. The third kappa shape index (κ3) is 15.3. The van der Waals surface area contributed by atoms with Crippen LogP contribution in [0, 0.1) is 0 Å². The van der Waals surface area contributed by atoms with Crippen LogP contribution in [0.2, 0.25) is 0 Å². The largest absolute Gasteiger partial charge is 0.462 e. The van der Waals surface area contributed by atoms with Crippen molar-refractivity contribution >= 4 is 5.97 Å². The fourth-order valence-corrected chi connectivity index (χ4v) is 2.28. The average Bonchev–Trinajstić information content (AvgIpc) is 2.50. The minimum atomic E-state index is -0.263. The van der Waals surface area contributed by atoms with Gasteiger partial charge in [-0.05, 0) is 39.0 Å². The first kappa shape index (κ1) is 20.9. The Bertz CT molecular complexity index is 305. The molecule has 0 heterocycles. The van der Waals surface area contributed by atoms with Crippen LogP contribution in [0.5, 0.6) is 0 Å². The van der Waals surface area contributed by atoms with Crippen molar-refractivity contribution in [1.82, 2.24) is 0 Å². The third-order valence-electron chi connectivity index (χ3n) is 3.74. The second-order valence-corrected chi connectivity index (χ2v) is 6.15. The molecule has 0 saturated heterocycles. The number of rotatable bonds is 15. The summed E-state index contributed by atoms with van der Waals surface area (Å²) in [5, 5.41) is 0. The van der Waals surface area contributed by atoms with Crippen LogP contribution in [-0.4, -0.2) is 12.6 Å². The van der Waals surface area contributed by atoms with E-state index in [1.54, 1.807) is 6.92 Å². The van der Waals surface area contributed by atoms with E-state index >= 15 is 0 Å². The van der Waals surface area contributed by atoms with Gasteiger partial charge in [0.1, 0.15) is 0 Å². The summed E-state index contributed by atoms with van der Waals surface area (Å²) in [6.07, 6.45) is 19.9. The molecule has 0 aromatic rings. The van der Waals surface area contributed by atoms with E-state index in [2.05, 4.69) is 25.7 Å². The van der Waals surface area contributed by atoms with Crippen molar-refractivity contribution in [2.45, 2.75) is 90.9 Å². The van der Waals surface area contributed by atoms with E-state index in [9.17, 15) is 4.79 Å². The Hall–Kier alpha value is -1.05. The standard InChI is InChI=1S/C20H36O2/c1-4-5-6-7-8-9-10-11-12-13-14-15-16-17-18-22-20(21)19(2)3/h9-10H,2,4-8,11-18H2,1,3H3. The van der Waals surface area contributed by atoms with E-state index in [0.717, 1.165) is 12.8 Å². The Morgan fingerprint density at radius 1 is 0.864 bits per heavy atom. The summed E-state index contributed by atoms with van der Waals surface area (Å²) >= 11 is 0. The highest BCUT2D eigenvalue weighted by molar-refractivity contribution is 5.86. The van der Waals surface area contributed by atoms with Crippen molar-refractivity contribution in [2.24, 2.45) is 0 Å². The van der Waals surface area contributed by atoms with Crippen LogP contribution in [0.15, 0.2) is 24.3 Å². The molecule has 0 aliphatic carbocycles. The van der Waals surface area contributed by atoms with E-state index in [4.69, 9.17) is 4.74 Å². The Labute approximate surface area is 138 Å². The van der Waals surface area contributed by atoms with Crippen LogP contribution >= 0.6 is 0 Å². The molecular formula is C20H36O2. The molecule has 128 valence electrons. The second-order valence-electron chi connectivity index (χ2n) is 6.15. The van der Waals surface area contributed by atoms with E-state index in [0.29, 0.717) is 12.2 Å². The predicted octanol–water partition coefficient (Wildman–Crippen LogP) is 6.36. The lowest BCUT2D eigenvalue weighted by atomic mass is 10.1. The van der Waals surface area contributed by atoms with Gasteiger partial charge < -0.3 is 4.74 Å². The Morgan fingerprint density at radius 2 is 1.36 bits per heavy atom. The molecule has 0 aliphatic rings. The highest BCUT2D eigenvalue weighted by atomic mass is 16.5. The Balaban J connectivity index is 3.15. The fraction of sp³-hybridized carbons (Fsp3) is 0.750. The molecule has 0 spiro atoms. The topological polar surface area (TPSA) is 26.3 Å². The normalized spacial score (nSPS) is 11.0. The van der Waals surface area contributed by atoms with Crippen molar-refractivity contribution in [2.75, 3.05) is 6.61 Å². The Morgan fingerprint density at radius 3 is 1.91 bits per heavy atom. The minimum Gasteiger partial charge on any atom is -0.462 e. The van der Waals surface area contributed by atoms with Crippen molar-refractivity contribution in [3.63, 3.8) is 0 Å². The number of hydrogen-bond acceptors (Lipinski definition) is 2. The highest BCUT2D eigenvalue weighted by Crippen LogP contribution is 2.09. The molecule has 0 aromatic heterocycles. The third-order valence-corrected chi connectivity index (χ3v) is 3.74. The monoisotopic (exact) mass is 308 g/mol. The maximum Gasteiger partial charge on any atom is 0.333 e. The maximum atomic E-state index is 11.1. The quantitative estimate of drug-likeness (QED) is 0.152. The van der Waals surface area contributed by atoms with E-state index < -0.39 is 0 Å². The summed E-state index contributed by atoms with van der Waals surface area (Å²) < 4.78 is 5.06. The van der Waals surface area contributed by atoms with Gasteiger partial charge in [0.2, 0.25) is 0 Å². The zero-order valence-electron chi connectivity index (χ0n) is 14.9. The molecule has 0 saturated carbocycles. The molecule has 0 aliphatic heterocycles. The SMILES string of the molecule is C=C(C)C(=O)OCCCCCCCCC=CCCCCCC. The van der Waals surface area contributed by atoms with Gasteiger partial charge in [-0.15, -0.1) is 0 Å². The van der Waals surface area contributed by atoms with Gasteiger partial charge in [0, 0.05) is 5.57 Å². The molecule has 0 rings (SSSR count). The molecule has 2 nitrogen and oxygen atoms in total. The van der Waals surface area contributed by atoms with Gasteiger partial charge in [-0.1, -0.05) is 70.6 Å². The molecule has 0 atom stereocenters. The Kier molecular flexibility index (Phi) is 15.5. The van der Waals surface area contributed by atoms with Crippen molar-refractivity contribution in [3.8, 4) is 0 Å². The van der Waals surface area contributed by atoms with Gasteiger partial charge >= 0.3 is 5.97 Å².